The monoisotopic (exact) mass is 278 g/mol. The van der Waals surface area contributed by atoms with Gasteiger partial charge in [-0.1, -0.05) is 15.9 Å². The molecular formula is C10H23BrN4. The lowest BCUT2D eigenvalue weighted by atomic mass is 10.4. The van der Waals surface area contributed by atoms with E-state index >= 15 is 0 Å². The van der Waals surface area contributed by atoms with Crippen molar-refractivity contribution >= 4 is 15.9 Å². The van der Waals surface area contributed by atoms with Gasteiger partial charge in [0.25, 0.3) is 0 Å². The largest absolute Gasteiger partial charge is 0.314 e. The van der Waals surface area contributed by atoms with Crippen LogP contribution in [0, 0.1) is 0 Å². The van der Waals surface area contributed by atoms with Crippen LogP contribution in [-0.4, -0.2) is 69.1 Å². The van der Waals surface area contributed by atoms with Crippen molar-refractivity contribution in [3.63, 3.8) is 0 Å². The summed E-state index contributed by atoms with van der Waals surface area (Å²) >= 11 is 3.50. The first-order valence-electron chi connectivity index (χ1n) is 5.84. The summed E-state index contributed by atoms with van der Waals surface area (Å²) < 4.78 is 0. The summed E-state index contributed by atoms with van der Waals surface area (Å²) in [5, 5.41) is 11.4. The molecule has 1 rings (SSSR count). The van der Waals surface area contributed by atoms with Gasteiger partial charge >= 0.3 is 0 Å². The molecule has 0 radical (unpaired) electrons. The van der Waals surface area contributed by atoms with Crippen molar-refractivity contribution in [2.75, 3.05) is 64.2 Å². The van der Waals surface area contributed by atoms with E-state index in [2.05, 4.69) is 36.8 Å². The average Bonchev–Trinajstić information content (AvgIpc) is 2.22. The second-order valence-electron chi connectivity index (χ2n) is 3.78. The highest BCUT2D eigenvalue weighted by molar-refractivity contribution is 9.09. The van der Waals surface area contributed by atoms with Crippen LogP contribution in [0.1, 0.15) is 0 Å². The van der Waals surface area contributed by atoms with Gasteiger partial charge in [0, 0.05) is 64.2 Å². The van der Waals surface area contributed by atoms with Gasteiger partial charge in [-0.2, -0.15) is 0 Å². The maximum Gasteiger partial charge on any atom is 0.0159 e. The summed E-state index contributed by atoms with van der Waals surface area (Å²) in [6, 6.07) is 0. The van der Waals surface area contributed by atoms with Gasteiger partial charge in [-0.3, -0.25) is 4.90 Å². The van der Waals surface area contributed by atoms with Gasteiger partial charge in [-0.25, -0.2) is 0 Å². The second kappa shape index (κ2) is 9.54. The van der Waals surface area contributed by atoms with Crippen molar-refractivity contribution in [3.05, 3.63) is 0 Å². The highest BCUT2D eigenvalue weighted by atomic mass is 79.9. The van der Waals surface area contributed by atoms with Crippen LogP contribution in [0.2, 0.25) is 0 Å². The molecule has 0 spiro atoms. The van der Waals surface area contributed by atoms with E-state index in [0.717, 1.165) is 64.2 Å². The lowest BCUT2D eigenvalue weighted by molar-refractivity contribution is 0.287. The third-order valence-electron chi connectivity index (χ3n) is 2.57. The van der Waals surface area contributed by atoms with E-state index in [1.54, 1.807) is 0 Å². The van der Waals surface area contributed by atoms with Crippen molar-refractivity contribution in [1.82, 2.24) is 20.9 Å². The molecule has 0 aromatic carbocycles. The predicted molar refractivity (Wildman–Crippen MR) is 68.8 cm³/mol. The zero-order valence-electron chi connectivity index (χ0n) is 9.40. The highest BCUT2D eigenvalue weighted by Gasteiger charge is 2.03. The number of rotatable bonds is 2. The molecule has 0 amide bonds. The van der Waals surface area contributed by atoms with Crippen molar-refractivity contribution in [1.29, 1.82) is 0 Å². The Bertz CT molecular complexity index is 133. The Morgan fingerprint density at radius 2 is 1.27 bits per heavy atom. The average molecular weight is 279 g/mol. The number of nitrogens with one attached hydrogen (secondary N) is 3. The molecule has 1 aliphatic heterocycles. The zero-order chi connectivity index (χ0) is 10.8. The van der Waals surface area contributed by atoms with E-state index in [1.165, 1.54) is 0 Å². The summed E-state index contributed by atoms with van der Waals surface area (Å²) in [5.41, 5.74) is 0. The fraction of sp³-hybridized carbons (Fsp3) is 1.00. The Kier molecular flexibility index (Phi) is 8.51. The molecule has 4 nitrogen and oxygen atoms in total. The van der Waals surface area contributed by atoms with Gasteiger partial charge in [0.1, 0.15) is 0 Å². The molecule has 0 bridgehead atoms. The minimum Gasteiger partial charge on any atom is -0.314 e. The fourth-order valence-corrected chi connectivity index (χ4v) is 2.16. The zero-order valence-corrected chi connectivity index (χ0v) is 11.0. The maximum absolute atomic E-state index is 3.50. The molecule has 0 aromatic heterocycles. The molecule has 5 heteroatoms. The Morgan fingerprint density at radius 3 is 1.73 bits per heavy atom. The van der Waals surface area contributed by atoms with Crippen molar-refractivity contribution in [2.45, 2.75) is 0 Å². The third kappa shape index (κ3) is 7.25. The molecule has 1 fully saturated rings. The predicted octanol–water partition coefficient (Wildman–Crippen LogP) is -0.534. The summed E-state index contributed by atoms with van der Waals surface area (Å²) in [7, 11) is 0. The maximum atomic E-state index is 3.50. The molecule has 90 valence electrons. The van der Waals surface area contributed by atoms with Crippen molar-refractivity contribution < 1.29 is 0 Å². The number of hydrogen-bond donors (Lipinski definition) is 3. The van der Waals surface area contributed by atoms with Crippen LogP contribution < -0.4 is 16.0 Å². The first kappa shape index (κ1) is 13.4. The molecule has 0 saturated carbocycles. The van der Waals surface area contributed by atoms with E-state index in [4.69, 9.17) is 0 Å². The first-order valence-corrected chi connectivity index (χ1v) is 6.96. The van der Waals surface area contributed by atoms with E-state index in [9.17, 15) is 0 Å². The minimum atomic E-state index is 1.06. The second-order valence-corrected chi connectivity index (χ2v) is 4.57. The quantitative estimate of drug-likeness (QED) is 0.594. The van der Waals surface area contributed by atoms with Crippen molar-refractivity contribution in [2.24, 2.45) is 0 Å². The Morgan fingerprint density at radius 1 is 0.800 bits per heavy atom. The molecule has 3 N–H and O–H groups in total. The van der Waals surface area contributed by atoms with E-state index in [-0.39, 0.29) is 0 Å². The normalized spacial score (nSPS) is 23.0. The van der Waals surface area contributed by atoms with Crippen LogP contribution in [0.4, 0.5) is 0 Å². The van der Waals surface area contributed by atoms with Crippen LogP contribution in [0.25, 0.3) is 0 Å². The van der Waals surface area contributed by atoms with Gasteiger partial charge in [0.15, 0.2) is 0 Å². The lowest BCUT2D eigenvalue weighted by Gasteiger charge is -2.22. The molecule has 0 atom stereocenters. The summed E-state index contributed by atoms with van der Waals surface area (Å²) in [5.74, 6) is 0. The summed E-state index contributed by atoms with van der Waals surface area (Å²) in [4.78, 5) is 2.49. The molecule has 0 aromatic rings. The highest BCUT2D eigenvalue weighted by Crippen LogP contribution is 1.90. The SMILES string of the molecule is BrCCN1CCNCCNCCNCC1. The minimum absolute atomic E-state index is 1.06. The molecule has 0 aliphatic carbocycles. The van der Waals surface area contributed by atoms with E-state index < -0.39 is 0 Å². The number of nitrogens with zero attached hydrogens (tertiary/aromatic N) is 1. The lowest BCUT2D eigenvalue weighted by Crippen LogP contribution is -2.42. The number of halogens is 1. The van der Waals surface area contributed by atoms with Gasteiger partial charge in [-0.15, -0.1) is 0 Å². The van der Waals surface area contributed by atoms with Crippen LogP contribution in [0.3, 0.4) is 0 Å². The smallest absolute Gasteiger partial charge is 0.0159 e. The molecule has 0 unspecified atom stereocenters. The standard InChI is InChI=1S/C10H23BrN4/c11-1-8-15-9-6-13-4-2-12-3-5-14-7-10-15/h12-14H,1-10H2. The topological polar surface area (TPSA) is 39.3 Å². The Labute approximate surface area is 101 Å². The van der Waals surface area contributed by atoms with Crippen molar-refractivity contribution in [3.8, 4) is 0 Å². The molecule has 15 heavy (non-hydrogen) atoms. The molecule has 1 aliphatic rings. The van der Waals surface area contributed by atoms with Crippen LogP contribution in [0.15, 0.2) is 0 Å². The van der Waals surface area contributed by atoms with Gasteiger partial charge in [0.05, 0.1) is 0 Å². The Balaban J connectivity index is 2.19. The third-order valence-corrected chi connectivity index (χ3v) is 2.92. The molecular weight excluding hydrogens is 256 g/mol. The fourth-order valence-electron chi connectivity index (χ4n) is 1.66. The molecule has 1 saturated heterocycles. The van der Waals surface area contributed by atoms with Gasteiger partial charge in [0.2, 0.25) is 0 Å². The van der Waals surface area contributed by atoms with E-state index in [1.807, 2.05) is 0 Å². The Hall–Kier alpha value is 0.320. The summed E-state index contributed by atoms with van der Waals surface area (Å²) in [6.07, 6.45) is 0. The first-order chi connectivity index (χ1) is 7.43. The number of hydrogen-bond acceptors (Lipinski definition) is 4. The van der Waals surface area contributed by atoms with Crippen LogP contribution in [0.5, 0.6) is 0 Å². The molecule has 1 heterocycles. The van der Waals surface area contributed by atoms with E-state index in [0.29, 0.717) is 0 Å². The summed E-state index contributed by atoms with van der Waals surface area (Å²) in [6.45, 7) is 9.90. The number of alkyl halides is 1. The van der Waals surface area contributed by atoms with Crippen LogP contribution >= 0.6 is 15.9 Å². The van der Waals surface area contributed by atoms with Crippen LogP contribution in [-0.2, 0) is 0 Å². The van der Waals surface area contributed by atoms with Gasteiger partial charge in [-0.05, 0) is 0 Å². The van der Waals surface area contributed by atoms with Gasteiger partial charge < -0.3 is 16.0 Å².